The Hall–Kier alpha value is -5.32. The summed E-state index contributed by atoms with van der Waals surface area (Å²) >= 11 is 6.47. The summed E-state index contributed by atoms with van der Waals surface area (Å²) in [5.74, 6) is -0.105. The van der Waals surface area contributed by atoms with Crippen molar-refractivity contribution < 1.29 is 23.9 Å². The Balaban J connectivity index is 0.949. The second-order valence-electron chi connectivity index (χ2n) is 13.8. The van der Waals surface area contributed by atoms with E-state index < -0.39 is 5.60 Å². The van der Waals surface area contributed by atoms with Gasteiger partial charge >= 0.3 is 0 Å². The van der Waals surface area contributed by atoms with Crippen molar-refractivity contribution in [2.75, 3.05) is 0 Å². The van der Waals surface area contributed by atoms with Crippen LogP contribution >= 0.6 is 45.3 Å². The topological polar surface area (TPSA) is 77.5 Å². The quantitative estimate of drug-likeness (QED) is 0.130. The summed E-state index contributed by atoms with van der Waals surface area (Å²) in [6.45, 7) is 4.14. The highest BCUT2D eigenvalue weighted by molar-refractivity contribution is 7.35. The van der Waals surface area contributed by atoms with E-state index in [0.717, 1.165) is 71.2 Å². The molecule has 3 aliphatic rings. The number of benzene rings is 4. The second-order valence-corrected chi connectivity index (χ2v) is 18.1. The third-order valence-corrected chi connectivity index (χ3v) is 15.0. The normalized spacial score (nSPS) is 15.9. The highest BCUT2D eigenvalue weighted by Gasteiger charge is 2.40. The first-order valence-corrected chi connectivity index (χ1v) is 19.9. The molecular formula is C43H22O5S4. The van der Waals surface area contributed by atoms with Crippen molar-refractivity contribution in [2.24, 2.45) is 0 Å². The third-order valence-electron chi connectivity index (χ3n) is 10.2. The van der Waals surface area contributed by atoms with E-state index in [1.165, 1.54) is 11.3 Å². The van der Waals surface area contributed by atoms with Crippen LogP contribution < -0.4 is 4.74 Å². The van der Waals surface area contributed by atoms with Crippen LogP contribution in [0.25, 0.3) is 62.3 Å². The summed E-state index contributed by atoms with van der Waals surface area (Å²) in [6, 6.07) is 26.9. The number of hydrogen-bond donors (Lipinski definition) is 0. The molecule has 0 spiro atoms. The van der Waals surface area contributed by atoms with Gasteiger partial charge in [0.2, 0.25) is 0 Å². The van der Waals surface area contributed by atoms with Crippen LogP contribution in [-0.2, 0) is 5.60 Å². The van der Waals surface area contributed by atoms with Gasteiger partial charge < -0.3 is 4.74 Å². The van der Waals surface area contributed by atoms with Gasteiger partial charge in [-0.05, 0) is 83.9 Å². The van der Waals surface area contributed by atoms with Crippen molar-refractivity contribution in [3.63, 3.8) is 0 Å². The number of carbonyl (C=O) groups excluding carboxylic acids is 4. The number of hydrogen-bond acceptors (Lipinski definition) is 9. The van der Waals surface area contributed by atoms with Crippen LogP contribution in [0.15, 0.2) is 96.1 Å². The van der Waals surface area contributed by atoms with E-state index >= 15 is 0 Å². The molecule has 9 heteroatoms. The molecule has 5 heterocycles. The Bertz CT molecular complexity index is 2990. The largest absolute Gasteiger partial charge is 0.480 e. The van der Waals surface area contributed by atoms with Crippen molar-refractivity contribution in [3.05, 3.63) is 134 Å². The van der Waals surface area contributed by atoms with Gasteiger partial charge in [0.25, 0.3) is 0 Å². The van der Waals surface area contributed by atoms with Gasteiger partial charge in [0.1, 0.15) is 5.60 Å². The molecule has 0 saturated heterocycles. The smallest absolute Gasteiger partial charge is 0.197 e. The lowest BCUT2D eigenvalue weighted by molar-refractivity contribution is 0.0975. The predicted molar refractivity (Wildman–Crippen MR) is 213 cm³/mol. The fraction of sp³-hybridized carbons (Fsp3) is 0.0698. The molecule has 0 fully saturated rings. The zero-order chi connectivity index (χ0) is 35.2. The Labute approximate surface area is 311 Å². The van der Waals surface area contributed by atoms with E-state index in [0.29, 0.717) is 22.3 Å². The van der Waals surface area contributed by atoms with Crippen LogP contribution in [0.3, 0.4) is 0 Å². The first kappa shape index (κ1) is 30.3. The summed E-state index contributed by atoms with van der Waals surface area (Å²) in [4.78, 5) is 57.7. The fourth-order valence-electron chi connectivity index (χ4n) is 7.75. The first-order chi connectivity index (χ1) is 25.1. The van der Waals surface area contributed by atoms with Crippen molar-refractivity contribution >= 4 is 121 Å². The van der Waals surface area contributed by atoms with E-state index in [-0.39, 0.29) is 34.3 Å². The molecule has 52 heavy (non-hydrogen) atoms. The zero-order valence-electron chi connectivity index (χ0n) is 27.4. The lowest BCUT2D eigenvalue weighted by atomic mass is 9.95. The van der Waals surface area contributed by atoms with Crippen molar-refractivity contribution in [1.29, 1.82) is 0 Å². The average Bonchev–Trinajstić information content (AvgIpc) is 3.95. The maximum Gasteiger partial charge on any atom is 0.197 e. The van der Waals surface area contributed by atoms with E-state index in [1.54, 1.807) is 46.2 Å². The summed E-state index contributed by atoms with van der Waals surface area (Å²) in [7, 11) is 0. The lowest BCUT2D eigenvalue weighted by Gasteiger charge is -2.31. The van der Waals surface area contributed by atoms with E-state index in [2.05, 4.69) is 19.9 Å². The number of allylic oxidation sites excluding steroid dienone is 2. The fourth-order valence-corrected chi connectivity index (χ4v) is 13.2. The SMILES string of the molecule is CC1(C)Oc2c(sc3cc(C=C4C(=O)c5cc6ccccc6cc5C4=O)sc23)-c2sc3cc(C=C4C(=O)c5cc6ccccc6cc5C4=O)sc3c21. The molecule has 0 atom stereocenters. The minimum absolute atomic E-state index is 0.194. The maximum atomic E-state index is 13.5. The molecule has 4 aromatic carbocycles. The number of ketones is 4. The average molecular weight is 747 g/mol. The molecule has 0 amide bonds. The minimum Gasteiger partial charge on any atom is -0.480 e. The highest BCUT2D eigenvalue weighted by atomic mass is 32.1. The molecule has 0 unspecified atom stereocenters. The van der Waals surface area contributed by atoms with Crippen molar-refractivity contribution in [2.45, 2.75) is 19.4 Å². The highest BCUT2D eigenvalue weighted by Crippen LogP contribution is 2.60. The monoisotopic (exact) mass is 746 g/mol. The van der Waals surface area contributed by atoms with E-state index in [4.69, 9.17) is 4.74 Å². The molecule has 0 saturated carbocycles. The standard InChI is InChI=1S/C43H22O5S4/c1-43(2)33-39-31(17-23(49-39)15-29-34(44)25-11-19-7-3-4-8-20(19)12-26(25)35(29)45)51-41(33)42-38(48-43)40-32(52-42)18-24(50-40)16-30-36(46)27-13-21-9-5-6-10-22(21)14-28(27)37(30)47/h3-18H,1-2H3. The van der Waals surface area contributed by atoms with Gasteiger partial charge in [-0.3, -0.25) is 19.2 Å². The Morgan fingerprint density at radius 3 is 1.38 bits per heavy atom. The molecule has 8 aromatic rings. The van der Waals surface area contributed by atoms with Gasteiger partial charge in [0.15, 0.2) is 28.9 Å². The van der Waals surface area contributed by atoms with Crippen LogP contribution in [0.5, 0.6) is 5.75 Å². The number of fused-ring (bicyclic) bond motifs is 11. The lowest BCUT2D eigenvalue weighted by Crippen LogP contribution is -2.27. The third kappa shape index (κ3) is 4.13. The molecule has 0 radical (unpaired) electrons. The van der Waals surface area contributed by atoms with Gasteiger partial charge in [0, 0.05) is 42.3 Å². The van der Waals surface area contributed by atoms with Gasteiger partial charge in [-0.1, -0.05) is 48.5 Å². The van der Waals surface area contributed by atoms with Gasteiger partial charge in [-0.2, -0.15) is 0 Å². The summed E-state index contributed by atoms with van der Waals surface area (Å²) in [5.41, 5.74) is 2.70. The van der Waals surface area contributed by atoms with Crippen LogP contribution in [0, 0.1) is 0 Å². The maximum absolute atomic E-state index is 13.5. The summed E-state index contributed by atoms with van der Waals surface area (Å²) in [5, 5.41) is 3.75. The number of ether oxygens (including phenoxy) is 1. The second kappa shape index (κ2) is 10.4. The molecule has 4 aromatic heterocycles. The minimum atomic E-state index is -0.650. The van der Waals surface area contributed by atoms with Gasteiger partial charge in [-0.15, -0.1) is 45.3 Å². The van der Waals surface area contributed by atoms with Gasteiger partial charge in [0.05, 0.1) is 35.0 Å². The molecular weight excluding hydrogens is 725 g/mol. The van der Waals surface area contributed by atoms with Gasteiger partial charge in [-0.25, -0.2) is 0 Å². The van der Waals surface area contributed by atoms with Crippen LogP contribution in [0.1, 0.15) is 70.6 Å². The number of Topliss-reactive ketones (excluding diaryl/α,β-unsaturated/α-hetero) is 4. The predicted octanol–water partition coefficient (Wildman–Crippen LogP) is 11.8. The Morgan fingerprint density at radius 1 is 0.519 bits per heavy atom. The first-order valence-electron chi connectivity index (χ1n) is 16.6. The summed E-state index contributed by atoms with van der Waals surface area (Å²) in [6.07, 6.45) is 3.48. The van der Waals surface area contributed by atoms with Crippen LogP contribution in [0.4, 0.5) is 0 Å². The van der Waals surface area contributed by atoms with E-state index in [9.17, 15) is 19.2 Å². The van der Waals surface area contributed by atoms with Crippen LogP contribution in [-0.4, -0.2) is 23.1 Å². The van der Waals surface area contributed by atoms with E-state index in [1.807, 2.05) is 78.9 Å². The Kier molecular flexibility index (Phi) is 6.06. The molecule has 11 rings (SSSR count). The van der Waals surface area contributed by atoms with Crippen LogP contribution in [0.2, 0.25) is 0 Å². The summed E-state index contributed by atoms with van der Waals surface area (Å²) < 4.78 is 11.0. The molecule has 2 aliphatic carbocycles. The number of thiophene rings is 4. The number of rotatable bonds is 2. The van der Waals surface area contributed by atoms with Crippen molar-refractivity contribution in [1.82, 2.24) is 0 Å². The number of carbonyl (C=O) groups is 4. The molecule has 5 nitrogen and oxygen atoms in total. The molecule has 0 N–H and O–H groups in total. The van der Waals surface area contributed by atoms with Crippen molar-refractivity contribution in [3.8, 4) is 15.5 Å². The molecule has 248 valence electrons. The zero-order valence-corrected chi connectivity index (χ0v) is 30.7. The molecule has 1 aliphatic heterocycles. The Morgan fingerprint density at radius 2 is 0.923 bits per heavy atom. The molecule has 0 bridgehead atoms.